The number of ether oxygens (including phenoxy) is 1. The minimum absolute atomic E-state index is 0.0448. The number of nitrogens with one attached hydrogen (secondary N) is 2. The van der Waals surface area contributed by atoms with Gasteiger partial charge in [0.1, 0.15) is 6.10 Å². The number of rotatable bonds is 6. The number of nitrogens with zero attached hydrogens (tertiary/aromatic N) is 2. The largest absolute Gasteiger partial charge is 0.446 e. The zero-order valence-corrected chi connectivity index (χ0v) is 19.7. The monoisotopic (exact) mass is 445 g/mol. The molecule has 2 aromatic rings. The van der Waals surface area contributed by atoms with Crippen LogP contribution in [0.3, 0.4) is 0 Å². The molecule has 1 aromatic heterocycles. The summed E-state index contributed by atoms with van der Waals surface area (Å²) in [5, 5.41) is 6.02. The Morgan fingerprint density at radius 1 is 1.19 bits per heavy atom. The SMILES string of the molecule is CC(C)N.CCC(C)NC(=O)OC1CCC(c2cnc(Nc3ccc(S)cc3)nc2)C1. The highest BCUT2D eigenvalue weighted by molar-refractivity contribution is 7.80. The fourth-order valence-electron chi connectivity index (χ4n) is 3.13. The van der Waals surface area contributed by atoms with Gasteiger partial charge in [0.05, 0.1) is 0 Å². The number of hydrogen-bond acceptors (Lipinski definition) is 7. The predicted molar refractivity (Wildman–Crippen MR) is 128 cm³/mol. The van der Waals surface area contributed by atoms with Gasteiger partial charge in [-0.15, -0.1) is 12.6 Å². The number of carbonyl (C=O) groups is 1. The molecule has 31 heavy (non-hydrogen) atoms. The van der Waals surface area contributed by atoms with Gasteiger partial charge >= 0.3 is 6.09 Å². The zero-order valence-electron chi connectivity index (χ0n) is 18.8. The van der Waals surface area contributed by atoms with Crippen molar-refractivity contribution < 1.29 is 9.53 Å². The second kappa shape index (κ2) is 12.5. The van der Waals surface area contributed by atoms with Crippen LogP contribution in [0.4, 0.5) is 16.4 Å². The third-order valence-corrected chi connectivity index (χ3v) is 5.20. The summed E-state index contributed by atoms with van der Waals surface area (Å²) < 4.78 is 5.54. The minimum Gasteiger partial charge on any atom is -0.446 e. The van der Waals surface area contributed by atoms with E-state index in [9.17, 15) is 4.79 Å². The maximum absolute atomic E-state index is 11.9. The molecule has 8 heteroatoms. The molecule has 1 amide bonds. The van der Waals surface area contributed by atoms with Crippen molar-refractivity contribution in [3.8, 4) is 0 Å². The van der Waals surface area contributed by atoms with Gasteiger partial charge in [-0.25, -0.2) is 14.8 Å². The first kappa shape index (κ1) is 24.9. The normalized spacial score (nSPS) is 18.7. The number of thiol groups is 1. The highest BCUT2D eigenvalue weighted by atomic mass is 32.1. The van der Waals surface area contributed by atoms with Crippen LogP contribution in [0.5, 0.6) is 0 Å². The Hall–Kier alpha value is -2.32. The van der Waals surface area contributed by atoms with Crippen molar-refractivity contribution in [2.75, 3.05) is 5.32 Å². The summed E-state index contributed by atoms with van der Waals surface area (Å²) in [5.74, 6) is 0.883. The molecule has 3 atom stereocenters. The summed E-state index contributed by atoms with van der Waals surface area (Å²) in [6.07, 6.45) is 6.89. The average Bonchev–Trinajstić information content (AvgIpc) is 3.18. The Balaban J connectivity index is 0.000000785. The van der Waals surface area contributed by atoms with Crippen LogP contribution >= 0.6 is 12.6 Å². The van der Waals surface area contributed by atoms with E-state index in [1.54, 1.807) is 0 Å². The van der Waals surface area contributed by atoms with Gasteiger partial charge < -0.3 is 21.1 Å². The van der Waals surface area contributed by atoms with Gasteiger partial charge in [0, 0.05) is 29.0 Å². The average molecular weight is 446 g/mol. The van der Waals surface area contributed by atoms with Gasteiger partial charge in [-0.2, -0.15) is 0 Å². The van der Waals surface area contributed by atoms with Crippen LogP contribution in [0.1, 0.15) is 64.9 Å². The molecule has 4 N–H and O–H groups in total. The first-order chi connectivity index (χ1) is 14.8. The molecule has 0 saturated heterocycles. The van der Waals surface area contributed by atoms with Crippen molar-refractivity contribution in [1.82, 2.24) is 15.3 Å². The van der Waals surface area contributed by atoms with Crippen molar-refractivity contribution in [3.63, 3.8) is 0 Å². The molecular formula is C23H35N5O2S. The van der Waals surface area contributed by atoms with Gasteiger partial charge in [-0.3, -0.25) is 0 Å². The van der Waals surface area contributed by atoms with Crippen LogP contribution in [0.25, 0.3) is 0 Å². The molecular weight excluding hydrogens is 410 g/mol. The van der Waals surface area contributed by atoms with E-state index in [1.807, 2.05) is 64.4 Å². The highest BCUT2D eigenvalue weighted by Crippen LogP contribution is 2.35. The Bertz CT molecular complexity index is 796. The fourth-order valence-corrected chi connectivity index (χ4v) is 3.27. The molecule has 1 aliphatic carbocycles. The van der Waals surface area contributed by atoms with Gasteiger partial charge in [0.15, 0.2) is 0 Å². The second-order valence-corrected chi connectivity index (χ2v) is 8.76. The number of alkyl carbamates (subject to hydrolysis) is 1. The van der Waals surface area contributed by atoms with Crippen molar-refractivity contribution >= 4 is 30.4 Å². The molecule has 170 valence electrons. The first-order valence-electron chi connectivity index (χ1n) is 10.9. The van der Waals surface area contributed by atoms with E-state index < -0.39 is 0 Å². The molecule has 1 fully saturated rings. The molecule has 1 aromatic carbocycles. The standard InChI is InChI=1S/C20H26N4O2S.C3H9N/c1-3-13(2)23-20(25)26-17-7-4-14(10-17)15-11-21-19(22-12-15)24-16-5-8-18(27)9-6-16;1-3(2)4/h5-6,8-9,11-14,17,27H,3-4,7,10H2,1-2H3,(H,23,25)(H,21,22,24);3H,4H2,1-2H3. The number of nitrogens with two attached hydrogens (primary N) is 1. The molecule has 0 spiro atoms. The Morgan fingerprint density at radius 2 is 1.81 bits per heavy atom. The van der Waals surface area contributed by atoms with Gasteiger partial charge in [-0.05, 0) is 74.4 Å². The summed E-state index contributed by atoms with van der Waals surface area (Å²) in [7, 11) is 0. The first-order valence-corrected chi connectivity index (χ1v) is 11.3. The van der Waals surface area contributed by atoms with Crippen LogP contribution in [0, 0.1) is 0 Å². The lowest BCUT2D eigenvalue weighted by Crippen LogP contribution is -2.34. The quantitative estimate of drug-likeness (QED) is 0.466. The number of hydrogen-bond donors (Lipinski definition) is 4. The van der Waals surface area contributed by atoms with Crippen LogP contribution in [-0.4, -0.2) is 34.2 Å². The Kier molecular flexibility index (Phi) is 10.1. The molecule has 1 saturated carbocycles. The maximum Gasteiger partial charge on any atom is 0.407 e. The third kappa shape index (κ3) is 9.14. The maximum atomic E-state index is 11.9. The number of benzene rings is 1. The summed E-state index contributed by atoms with van der Waals surface area (Å²) in [6.45, 7) is 7.89. The lowest BCUT2D eigenvalue weighted by Gasteiger charge is -2.16. The van der Waals surface area contributed by atoms with Gasteiger partial charge in [-0.1, -0.05) is 20.8 Å². The van der Waals surface area contributed by atoms with E-state index in [-0.39, 0.29) is 18.2 Å². The lowest BCUT2D eigenvalue weighted by molar-refractivity contribution is 0.0975. The topological polar surface area (TPSA) is 102 Å². The minimum atomic E-state index is -0.321. The molecule has 0 radical (unpaired) electrons. The smallest absolute Gasteiger partial charge is 0.407 e. The molecule has 7 nitrogen and oxygen atoms in total. The summed E-state index contributed by atoms with van der Waals surface area (Å²) >= 11 is 4.28. The van der Waals surface area contributed by atoms with Crippen molar-refractivity contribution in [2.45, 2.75) is 82.4 Å². The van der Waals surface area contributed by atoms with Crippen LogP contribution in [0.2, 0.25) is 0 Å². The lowest BCUT2D eigenvalue weighted by atomic mass is 10.0. The van der Waals surface area contributed by atoms with E-state index >= 15 is 0 Å². The van der Waals surface area contributed by atoms with Gasteiger partial charge in [0.2, 0.25) is 5.95 Å². The van der Waals surface area contributed by atoms with E-state index in [4.69, 9.17) is 10.5 Å². The summed E-state index contributed by atoms with van der Waals surface area (Å²) in [4.78, 5) is 21.6. The molecule has 0 aliphatic heterocycles. The number of carbonyl (C=O) groups excluding carboxylic acids is 1. The molecule has 0 bridgehead atoms. The summed E-state index contributed by atoms with van der Waals surface area (Å²) in [5.41, 5.74) is 7.11. The van der Waals surface area contributed by atoms with E-state index in [1.165, 1.54) is 0 Å². The number of amides is 1. The number of aromatic nitrogens is 2. The van der Waals surface area contributed by atoms with E-state index in [0.717, 1.165) is 41.8 Å². The zero-order chi connectivity index (χ0) is 22.8. The third-order valence-electron chi connectivity index (χ3n) is 4.90. The van der Waals surface area contributed by atoms with Gasteiger partial charge in [0.25, 0.3) is 0 Å². The van der Waals surface area contributed by atoms with Crippen LogP contribution < -0.4 is 16.4 Å². The fraction of sp³-hybridized carbons (Fsp3) is 0.522. The molecule has 3 unspecified atom stereocenters. The van der Waals surface area contributed by atoms with Crippen molar-refractivity contribution in [3.05, 3.63) is 42.2 Å². The van der Waals surface area contributed by atoms with Crippen LogP contribution in [-0.2, 0) is 4.74 Å². The van der Waals surface area contributed by atoms with E-state index in [0.29, 0.717) is 17.9 Å². The molecule has 3 rings (SSSR count). The van der Waals surface area contributed by atoms with Crippen LogP contribution in [0.15, 0.2) is 41.6 Å². The Morgan fingerprint density at radius 3 is 2.39 bits per heavy atom. The second-order valence-electron chi connectivity index (χ2n) is 8.25. The Labute approximate surface area is 191 Å². The van der Waals surface area contributed by atoms with Crippen molar-refractivity contribution in [1.29, 1.82) is 0 Å². The van der Waals surface area contributed by atoms with Crippen molar-refractivity contribution in [2.24, 2.45) is 5.73 Å². The molecule has 1 heterocycles. The number of anilines is 2. The summed E-state index contributed by atoms with van der Waals surface area (Å²) in [6, 6.07) is 8.16. The predicted octanol–water partition coefficient (Wildman–Crippen LogP) is 5.02. The van der Waals surface area contributed by atoms with E-state index in [2.05, 4.69) is 33.2 Å². The highest BCUT2D eigenvalue weighted by Gasteiger charge is 2.29. The molecule has 1 aliphatic rings.